The highest BCUT2D eigenvalue weighted by atomic mass is 35.5. The smallest absolute Gasteiger partial charge is 0.154 e. The molecule has 0 spiro atoms. The van der Waals surface area contributed by atoms with E-state index in [1.165, 1.54) is 12.8 Å². The van der Waals surface area contributed by atoms with Gasteiger partial charge in [0.05, 0.1) is 16.1 Å². The first-order valence-electron chi connectivity index (χ1n) is 6.49. The highest BCUT2D eigenvalue weighted by Gasteiger charge is 2.25. The summed E-state index contributed by atoms with van der Waals surface area (Å²) in [4.78, 5) is 12.2. The Morgan fingerprint density at radius 1 is 1.32 bits per heavy atom. The number of carbonyl (C=O) groups is 1. The maximum Gasteiger partial charge on any atom is 0.154 e. The molecule has 0 amide bonds. The van der Waals surface area contributed by atoms with Crippen molar-refractivity contribution in [1.29, 1.82) is 5.26 Å². The molecular formula is C15H15Cl2NO. The molecule has 0 radical (unpaired) electrons. The summed E-state index contributed by atoms with van der Waals surface area (Å²) in [6.45, 7) is 0. The molecule has 1 aliphatic rings. The van der Waals surface area contributed by atoms with Crippen LogP contribution in [0.1, 0.15) is 43.6 Å². The van der Waals surface area contributed by atoms with Crippen LogP contribution < -0.4 is 0 Å². The highest BCUT2D eigenvalue weighted by molar-refractivity contribution is 6.42. The molecule has 0 aromatic heterocycles. The zero-order chi connectivity index (χ0) is 13.8. The van der Waals surface area contributed by atoms with Crippen molar-refractivity contribution in [2.75, 3.05) is 0 Å². The monoisotopic (exact) mass is 295 g/mol. The number of nitrogens with zero attached hydrogens (tertiary/aromatic N) is 1. The zero-order valence-electron chi connectivity index (χ0n) is 10.5. The summed E-state index contributed by atoms with van der Waals surface area (Å²) in [6, 6.07) is 7.04. The number of nitriles is 1. The fourth-order valence-electron chi connectivity index (χ4n) is 2.64. The molecule has 19 heavy (non-hydrogen) atoms. The molecule has 0 saturated heterocycles. The van der Waals surface area contributed by atoms with Crippen LogP contribution in [0.25, 0.3) is 0 Å². The first-order chi connectivity index (χ1) is 9.11. The first-order valence-corrected chi connectivity index (χ1v) is 7.24. The second-order valence-electron chi connectivity index (χ2n) is 5.06. The molecule has 1 aliphatic carbocycles. The summed E-state index contributed by atoms with van der Waals surface area (Å²) in [7, 11) is 0. The summed E-state index contributed by atoms with van der Waals surface area (Å²) in [5, 5.41) is 10.1. The van der Waals surface area contributed by atoms with E-state index in [2.05, 4.69) is 6.07 Å². The lowest BCUT2D eigenvalue weighted by Gasteiger charge is -2.12. The van der Waals surface area contributed by atoms with Gasteiger partial charge in [0.2, 0.25) is 0 Å². The fourth-order valence-corrected chi connectivity index (χ4v) is 2.95. The van der Waals surface area contributed by atoms with Gasteiger partial charge in [0.25, 0.3) is 0 Å². The van der Waals surface area contributed by atoms with Crippen molar-refractivity contribution in [2.24, 2.45) is 5.92 Å². The lowest BCUT2D eigenvalue weighted by molar-refractivity contribution is -0.120. The molecule has 1 atom stereocenters. The van der Waals surface area contributed by atoms with Gasteiger partial charge in [0.15, 0.2) is 5.78 Å². The van der Waals surface area contributed by atoms with Crippen LogP contribution in [0.15, 0.2) is 18.2 Å². The Balaban J connectivity index is 2.12. The first kappa shape index (κ1) is 14.4. The Bertz CT molecular complexity index is 515. The molecule has 1 unspecified atom stereocenters. The van der Waals surface area contributed by atoms with Crippen molar-refractivity contribution in [3.63, 3.8) is 0 Å². The standard InChI is InChI=1S/C15H15Cl2NO/c16-13-6-5-11(8-14(13)17)12(9-18)15(19)7-10-3-1-2-4-10/h5-6,8,10,12H,1-4,7H2. The van der Waals surface area contributed by atoms with Crippen LogP contribution >= 0.6 is 23.2 Å². The van der Waals surface area contributed by atoms with Crippen LogP contribution in [0.3, 0.4) is 0 Å². The Morgan fingerprint density at radius 3 is 2.58 bits per heavy atom. The van der Waals surface area contributed by atoms with Gasteiger partial charge in [-0.05, 0) is 23.6 Å². The van der Waals surface area contributed by atoms with E-state index in [4.69, 9.17) is 23.2 Å². The quantitative estimate of drug-likeness (QED) is 0.804. The van der Waals surface area contributed by atoms with E-state index in [0.717, 1.165) is 12.8 Å². The minimum Gasteiger partial charge on any atom is -0.298 e. The summed E-state index contributed by atoms with van der Waals surface area (Å²) in [5.74, 6) is -0.283. The summed E-state index contributed by atoms with van der Waals surface area (Å²) in [5.41, 5.74) is 0.639. The normalized spacial score (nSPS) is 17.1. The van der Waals surface area contributed by atoms with Crippen molar-refractivity contribution < 1.29 is 4.79 Å². The number of hydrogen-bond donors (Lipinski definition) is 0. The number of hydrogen-bond acceptors (Lipinski definition) is 2. The van der Waals surface area contributed by atoms with Crippen molar-refractivity contribution in [3.8, 4) is 6.07 Å². The van der Waals surface area contributed by atoms with Gasteiger partial charge in [-0.3, -0.25) is 4.79 Å². The maximum atomic E-state index is 12.2. The molecule has 4 heteroatoms. The Labute approximate surface area is 123 Å². The molecule has 0 N–H and O–H groups in total. The molecule has 100 valence electrons. The number of rotatable bonds is 4. The lowest BCUT2D eigenvalue weighted by Crippen LogP contribution is -2.14. The minimum absolute atomic E-state index is 0.00668. The van der Waals surface area contributed by atoms with Gasteiger partial charge in [-0.15, -0.1) is 0 Å². The predicted molar refractivity (Wildman–Crippen MR) is 76.4 cm³/mol. The molecule has 1 fully saturated rings. The van der Waals surface area contributed by atoms with Crippen LogP contribution in [-0.2, 0) is 4.79 Å². The molecule has 1 aromatic rings. The van der Waals surface area contributed by atoms with Crippen LogP contribution in [0, 0.1) is 17.2 Å². The summed E-state index contributed by atoms with van der Waals surface area (Å²) < 4.78 is 0. The molecule has 0 bridgehead atoms. The van der Waals surface area contributed by atoms with E-state index in [1.807, 2.05) is 0 Å². The number of benzene rings is 1. The number of carbonyl (C=O) groups excluding carboxylic acids is 1. The molecule has 1 saturated carbocycles. The Morgan fingerprint density at radius 2 is 2.00 bits per heavy atom. The third-order valence-electron chi connectivity index (χ3n) is 3.69. The zero-order valence-corrected chi connectivity index (χ0v) is 12.0. The van der Waals surface area contributed by atoms with E-state index in [-0.39, 0.29) is 5.78 Å². The van der Waals surface area contributed by atoms with Crippen LogP contribution in [0.4, 0.5) is 0 Å². The Kier molecular flexibility index (Phi) is 4.85. The number of ketones is 1. The molecule has 0 heterocycles. The van der Waals surface area contributed by atoms with Gasteiger partial charge in [-0.1, -0.05) is 55.0 Å². The minimum atomic E-state index is -0.727. The van der Waals surface area contributed by atoms with Gasteiger partial charge in [-0.2, -0.15) is 5.26 Å². The number of Topliss-reactive ketones (excluding diaryl/α,β-unsaturated/α-hetero) is 1. The van der Waals surface area contributed by atoms with Gasteiger partial charge < -0.3 is 0 Å². The third kappa shape index (κ3) is 3.49. The largest absolute Gasteiger partial charge is 0.298 e. The molecule has 2 nitrogen and oxygen atoms in total. The number of halogens is 2. The summed E-state index contributed by atoms with van der Waals surface area (Å²) in [6.07, 6.45) is 5.10. The average Bonchev–Trinajstić information content (AvgIpc) is 2.87. The predicted octanol–water partition coefficient (Wildman–Crippen LogP) is 4.75. The molecule has 1 aromatic carbocycles. The third-order valence-corrected chi connectivity index (χ3v) is 4.43. The van der Waals surface area contributed by atoms with Crippen LogP contribution in [-0.4, -0.2) is 5.78 Å². The van der Waals surface area contributed by atoms with Gasteiger partial charge >= 0.3 is 0 Å². The fraction of sp³-hybridized carbons (Fsp3) is 0.467. The average molecular weight is 296 g/mol. The SMILES string of the molecule is N#CC(C(=O)CC1CCCC1)c1ccc(Cl)c(Cl)c1. The molecule has 0 aliphatic heterocycles. The topological polar surface area (TPSA) is 40.9 Å². The Hall–Kier alpha value is -1.04. The van der Waals surface area contributed by atoms with Crippen LogP contribution in [0.5, 0.6) is 0 Å². The van der Waals surface area contributed by atoms with Crippen molar-refractivity contribution in [2.45, 2.75) is 38.0 Å². The van der Waals surface area contributed by atoms with Gasteiger partial charge in [0.1, 0.15) is 5.92 Å². The van der Waals surface area contributed by atoms with Crippen LogP contribution in [0.2, 0.25) is 10.0 Å². The van der Waals surface area contributed by atoms with Gasteiger partial charge in [-0.25, -0.2) is 0 Å². The van der Waals surface area contributed by atoms with E-state index >= 15 is 0 Å². The van der Waals surface area contributed by atoms with E-state index in [9.17, 15) is 10.1 Å². The molecular weight excluding hydrogens is 281 g/mol. The lowest BCUT2D eigenvalue weighted by atomic mass is 9.89. The molecule has 2 rings (SSSR count). The van der Waals surface area contributed by atoms with Crippen molar-refractivity contribution in [3.05, 3.63) is 33.8 Å². The van der Waals surface area contributed by atoms with E-state index in [0.29, 0.717) is 27.9 Å². The second kappa shape index (κ2) is 6.41. The van der Waals surface area contributed by atoms with E-state index in [1.54, 1.807) is 18.2 Å². The van der Waals surface area contributed by atoms with Crippen molar-refractivity contribution >= 4 is 29.0 Å². The van der Waals surface area contributed by atoms with Crippen molar-refractivity contribution in [1.82, 2.24) is 0 Å². The highest BCUT2D eigenvalue weighted by Crippen LogP contribution is 2.32. The van der Waals surface area contributed by atoms with Gasteiger partial charge in [0, 0.05) is 6.42 Å². The maximum absolute atomic E-state index is 12.2. The summed E-state index contributed by atoms with van der Waals surface area (Å²) >= 11 is 11.8. The second-order valence-corrected chi connectivity index (χ2v) is 5.87. The van der Waals surface area contributed by atoms with E-state index < -0.39 is 5.92 Å².